The molecular formula is C20H28O5. The largest absolute Gasteiger partial charge is 0.458 e. The minimum atomic E-state index is -0.646. The van der Waals surface area contributed by atoms with Gasteiger partial charge in [-0.05, 0) is 55.4 Å². The highest BCUT2D eigenvalue weighted by atomic mass is 16.6. The molecule has 0 aromatic carbocycles. The van der Waals surface area contributed by atoms with Gasteiger partial charge in [0.2, 0.25) is 0 Å². The van der Waals surface area contributed by atoms with E-state index in [1.807, 2.05) is 13.0 Å². The van der Waals surface area contributed by atoms with Crippen LogP contribution in [0.15, 0.2) is 11.6 Å². The van der Waals surface area contributed by atoms with Gasteiger partial charge in [0.1, 0.15) is 12.4 Å². The Balaban J connectivity index is 1.61. The maximum Gasteiger partial charge on any atom is 0.334 e. The van der Waals surface area contributed by atoms with Crippen LogP contribution in [0.4, 0.5) is 0 Å². The van der Waals surface area contributed by atoms with E-state index < -0.39 is 5.41 Å². The van der Waals surface area contributed by atoms with Gasteiger partial charge in [0, 0.05) is 12.0 Å². The van der Waals surface area contributed by atoms with Crippen LogP contribution in [0.3, 0.4) is 0 Å². The van der Waals surface area contributed by atoms with E-state index in [1.165, 1.54) is 0 Å². The number of Topliss-reactive ketones (excluding diaryl/α,β-unsaturated/α-hetero) is 1. The van der Waals surface area contributed by atoms with Crippen LogP contribution in [-0.4, -0.2) is 42.3 Å². The fourth-order valence-electron chi connectivity index (χ4n) is 6.12. The highest BCUT2D eigenvalue weighted by Crippen LogP contribution is 2.65. The number of cyclic esters (lactones) is 1. The van der Waals surface area contributed by atoms with Gasteiger partial charge in [-0.15, -0.1) is 0 Å². The van der Waals surface area contributed by atoms with Crippen molar-refractivity contribution in [3.05, 3.63) is 11.6 Å². The molecule has 1 spiro atoms. The van der Waals surface area contributed by atoms with Crippen molar-refractivity contribution in [3.63, 3.8) is 0 Å². The summed E-state index contributed by atoms with van der Waals surface area (Å²) in [6, 6.07) is 0. The van der Waals surface area contributed by atoms with E-state index >= 15 is 0 Å². The number of ether oxygens (including phenoxy) is 2. The van der Waals surface area contributed by atoms with E-state index in [4.69, 9.17) is 9.47 Å². The van der Waals surface area contributed by atoms with Crippen LogP contribution in [-0.2, 0) is 19.1 Å². The van der Waals surface area contributed by atoms with E-state index in [0.29, 0.717) is 25.4 Å². The number of epoxide rings is 1. The Morgan fingerprint density at radius 2 is 2.04 bits per heavy atom. The molecule has 0 radical (unpaired) electrons. The lowest BCUT2D eigenvalue weighted by molar-refractivity contribution is -0.161. The maximum atomic E-state index is 12.6. The Kier molecular flexibility index (Phi) is 3.89. The van der Waals surface area contributed by atoms with Crippen LogP contribution in [0.1, 0.15) is 52.4 Å². The van der Waals surface area contributed by atoms with Crippen molar-refractivity contribution >= 4 is 11.8 Å². The summed E-state index contributed by atoms with van der Waals surface area (Å²) in [5.41, 5.74) is 0.0139. The Hall–Kier alpha value is -1.20. The van der Waals surface area contributed by atoms with Crippen LogP contribution >= 0.6 is 0 Å². The first-order chi connectivity index (χ1) is 11.9. The number of esters is 1. The number of hydrogen-bond acceptors (Lipinski definition) is 5. The lowest BCUT2D eigenvalue weighted by Crippen LogP contribution is -2.59. The first-order valence-electron chi connectivity index (χ1n) is 9.50. The Labute approximate surface area is 148 Å². The van der Waals surface area contributed by atoms with Crippen molar-refractivity contribution in [2.24, 2.45) is 22.7 Å². The Morgan fingerprint density at radius 1 is 1.28 bits per heavy atom. The summed E-state index contributed by atoms with van der Waals surface area (Å²) in [7, 11) is 0. The van der Waals surface area contributed by atoms with Gasteiger partial charge in [-0.3, -0.25) is 4.79 Å². The molecule has 0 aromatic heterocycles. The van der Waals surface area contributed by atoms with E-state index in [-0.39, 0.29) is 35.3 Å². The topological polar surface area (TPSA) is 76.1 Å². The van der Waals surface area contributed by atoms with Crippen molar-refractivity contribution in [2.75, 3.05) is 19.8 Å². The lowest BCUT2D eigenvalue weighted by Gasteiger charge is -2.58. The summed E-state index contributed by atoms with van der Waals surface area (Å²) < 4.78 is 11.0. The zero-order chi connectivity index (χ0) is 17.9. The predicted molar refractivity (Wildman–Crippen MR) is 90.7 cm³/mol. The van der Waals surface area contributed by atoms with Gasteiger partial charge in [-0.25, -0.2) is 4.79 Å². The van der Waals surface area contributed by atoms with E-state index in [2.05, 4.69) is 6.92 Å². The summed E-state index contributed by atoms with van der Waals surface area (Å²) >= 11 is 0. The zero-order valence-electron chi connectivity index (χ0n) is 15.2. The number of hydrogen-bond donors (Lipinski definition) is 1. The molecule has 1 saturated heterocycles. The molecule has 0 bridgehead atoms. The number of ketones is 1. The molecule has 2 aliphatic heterocycles. The third kappa shape index (κ3) is 2.42. The van der Waals surface area contributed by atoms with Crippen molar-refractivity contribution < 1.29 is 24.2 Å². The second-order valence-corrected chi connectivity index (χ2v) is 8.87. The van der Waals surface area contributed by atoms with Gasteiger partial charge < -0.3 is 14.6 Å². The quantitative estimate of drug-likeness (QED) is 0.624. The molecule has 3 fully saturated rings. The highest BCUT2D eigenvalue weighted by molar-refractivity contribution is 5.90. The summed E-state index contributed by atoms with van der Waals surface area (Å²) in [5.74, 6) is 0.496. The first kappa shape index (κ1) is 17.2. The van der Waals surface area contributed by atoms with Crippen LogP contribution in [0, 0.1) is 22.7 Å². The number of aliphatic hydroxyl groups is 1. The molecule has 0 aromatic rings. The van der Waals surface area contributed by atoms with Crippen LogP contribution in [0.5, 0.6) is 0 Å². The lowest BCUT2D eigenvalue weighted by atomic mass is 9.45. The van der Waals surface area contributed by atoms with Gasteiger partial charge in [0.25, 0.3) is 0 Å². The smallest absolute Gasteiger partial charge is 0.334 e. The summed E-state index contributed by atoms with van der Waals surface area (Å²) in [5, 5.41) is 10.0. The average Bonchev–Trinajstić information content (AvgIpc) is 3.24. The molecule has 4 rings (SSSR count). The summed E-state index contributed by atoms with van der Waals surface area (Å²) in [6.45, 7) is 5.32. The molecule has 138 valence electrons. The average molecular weight is 348 g/mol. The molecule has 2 saturated carbocycles. The molecule has 5 atom stereocenters. The van der Waals surface area contributed by atoms with Crippen molar-refractivity contribution in [3.8, 4) is 0 Å². The van der Waals surface area contributed by atoms with Crippen molar-refractivity contribution in [2.45, 2.75) is 58.0 Å². The molecule has 25 heavy (non-hydrogen) atoms. The van der Waals surface area contributed by atoms with Crippen molar-refractivity contribution in [1.29, 1.82) is 0 Å². The van der Waals surface area contributed by atoms with Gasteiger partial charge in [-0.2, -0.15) is 0 Å². The first-order valence-corrected chi connectivity index (χ1v) is 9.50. The molecular weight excluding hydrogens is 320 g/mol. The summed E-state index contributed by atoms with van der Waals surface area (Å²) in [4.78, 5) is 24.4. The molecule has 4 aliphatic rings. The molecule has 5 heteroatoms. The van der Waals surface area contributed by atoms with Gasteiger partial charge in [0.05, 0.1) is 24.2 Å². The van der Waals surface area contributed by atoms with Gasteiger partial charge in [0.15, 0.2) is 0 Å². The van der Waals surface area contributed by atoms with Crippen molar-refractivity contribution in [1.82, 2.24) is 0 Å². The summed E-state index contributed by atoms with van der Waals surface area (Å²) in [6.07, 6.45) is 6.73. The van der Waals surface area contributed by atoms with E-state index in [0.717, 1.165) is 37.9 Å². The van der Waals surface area contributed by atoms with E-state index in [9.17, 15) is 14.7 Å². The Morgan fingerprint density at radius 3 is 2.64 bits per heavy atom. The van der Waals surface area contributed by atoms with Crippen LogP contribution in [0.2, 0.25) is 0 Å². The molecule has 1 N–H and O–H groups in total. The molecule has 2 aliphatic carbocycles. The monoisotopic (exact) mass is 348 g/mol. The number of aliphatic hydroxyl groups excluding tert-OH is 1. The third-order valence-electron chi connectivity index (χ3n) is 7.73. The minimum absolute atomic E-state index is 0.0385. The molecule has 5 nitrogen and oxygen atoms in total. The zero-order valence-corrected chi connectivity index (χ0v) is 15.2. The fraction of sp³-hybridized carbons (Fsp3) is 0.800. The maximum absolute atomic E-state index is 12.6. The highest BCUT2D eigenvalue weighted by Gasteiger charge is 2.66. The second-order valence-electron chi connectivity index (χ2n) is 8.87. The number of carbonyl (C=O) groups excluding carboxylic acids is 2. The molecule has 2 heterocycles. The second kappa shape index (κ2) is 5.65. The van der Waals surface area contributed by atoms with Gasteiger partial charge in [-0.1, -0.05) is 13.8 Å². The van der Waals surface area contributed by atoms with Crippen LogP contribution in [0.25, 0.3) is 0 Å². The normalized spacial score (nSPS) is 46.0. The van der Waals surface area contributed by atoms with Crippen LogP contribution < -0.4 is 0 Å². The standard InChI is InChI=1S/C20H28O5/c1-18-8-6-16(22)19(2,11-21)14(18)5-9-20(12-25-20)15(18)4-3-13-7-10-24-17(13)23/h7,14-15,21H,3-6,8-12H2,1-2H3/t14-,15-,18+,19+,20+/m1/s1. The molecule has 0 amide bonds. The molecule has 0 unspecified atom stereocenters. The Bertz CT molecular complexity index is 634. The number of rotatable bonds is 4. The SMILES string of the molecule is C[C@]12CCC(=O)[C@@](C)(CO)[C@@H]1CC[C@]1(CO1)[C@@H]2CCC1=CCOC1=O. The third-order valence-corrected chi connectivity index (χ3v) is 7.73. The van der Waals surface area contributed by atoms with E-state index in [1.54, 1.807) is 0 Å². The van der Waals surface area contributed by atoms with Gasteiger partial charge >= 0.3 is 5.97 Å². The fourth-order valence-corrected chi connectivity index (χ4v) is 6.12. The number of fused-ring (bicyclic) bond motifs is 1. The minimum Gasteiger partial charge on any atom is -0.458 e. The predicted octanol–water partition coefficient (Wildman–Crippen LogP) is 2.41. The number of carbonyl (C=O) groups is 2.